The first kappa shape index (κ1) is 18.2. The third kappa shape index (κ3) is 4.54. The van der Waals surface area contributed by atoms with E-state index in [9.17, 15) is 9.59 Å². The van der Waals surface area contributed by atoms with Crippen molar-refractivity contribution in [3.05, 3.63) is 53.3 Å². The highest BCUT2D eigenvalue weighted by Gasteiger charge is 2.25. The van der Waals surface area contributed by atoms with E-state index in [1.165, 1.54) is 26.4 Å². The number of rotatable bonds is 5. The first-order chi connectivity index (χ1) is 12.7. The second-order valence-corrected chi connectivity index (χ2v) is 6.85. The maximum absolute atomic E-state index is 12.9. The smallest absolute Gasteiger partial charge is 0.333 e. The Labute approximate surface area is 154 Å². The van der Waals surface area contributed by atoms with Crippen molar-refractivity contribution in [2.24, 2.45) is 0 Å². The summed E-state index contributed by atoms with van der Waals surface area (Å²) in [6, 6.07) is 9.76. The highest BCUT2D eigenvalue weighted by molar-refractivity contribution is 6.08. The van der Waals surface area contributed by atoms with Gasteiger partial charge in [-0.15, -0.1) is 0 Å². The Balaban J connectivity index is 1.84. The number of anilines is 1. The molecule has 5 heteroatoms. The first-order valence-corrected chi connectivity index (χ1v) is 9.32. The van der Waals surface area contributed by atoms with Crippen LogP contribution in [-0.4, -0.2) is 25.0 Å². The molecule has 2 aliphatic rings. The Morgan fingerprint density at radius 2 is 1.77 bits per heavy atom. The minimum Gasteiger partial charge on any atom is -0.466 e. The fourth-order valence-corrected chi connectivity index (χ4v) is 3.59. The Kier molecular flexibility index (Phi) is 6.10. The summed E-state index contributed by atoms with van der Waals surface area (Å²) >= 11 is 0. The van der Waals surface area contributed by atoms with Crippen LogP contribution in [0.2, 0.25) is 0 Å². The number of allylic oxidation sites excluding steroid dienone is 1. The molecule has 5 nitrogen and oxygen atoms in total. The standard InChI is InChI=1S/C21H26N2O3/c1-26-21(25)15-12-13-19(22-16-8-4-2-5-9-16)18(14-15)20(24)23-17-10-6-3-7-11-17/h3,6-7,10-11,14,16,22H,2,4-5,8-9,12-13H2,1H3,(H,23,24). The number of esters is 1. The third-order valence-electron chi connectivity index (χ3n) is 5.00. The molecule has 1 saturated carbocycles. The lowest BCUT2D eigenvalue weighted by Crippen LogP contribution is -2.34. The van der Waals surface area contributed by atoms with Crippen LogP contribution in [0.1, 0.15) is 44.9 Å². The Morgan fingerprint density at radius 3 is 2.46 bits per heavy atom. The highest BCUT2D eigenvalue weighted by atomic mass is 16.5. The molecule has 2 aliphatic carbocycles. The Hall–Kier alpha value is -2.56. The maximum atomic E-state index is 12.9. The largest absolute Gasteiger partial charge is 0.466 e. The van der Waals surface area contributed by atoms with Gasteiger partial charge in [-0.1, -0.05) is 37.5 Å². The van der Waals surface area contributed by atoms with E-state index < -0.39 is 0 Å². The molecular weight excluding hydrogens is 328 g/mol. The molecule has 3 rings (SSSR count). The van der Waals surface area contributed by atoms with Crippen molar-refractivity contribution in [1.29, 1.82) is 0 Å². The molecule has 0 aliphatic heterocycles. The number of methoxy groups -OCH3 is 1. The second kappa shape index (κ2) is 8.70. The van der Waals surface area contributed by atoms with Crippen LogP contribution >= 0.6 is 0 Å². The highest BCUT2D eigenvalue weighted by Crippen LogP contribution is 2.27. The van der Waals surface area contributed by atoms with Crippen LogP contribution in [0.25, 0.3) is 0 Å². The van der Waals surface area contributed by atoms with Gasteiger partial charge in [0.05, 0.1) is 12.7 Å². The average molecular weight is 354 g/mol. The number of amides is 1. The van der Waals surface area contributed by atoms with Crippen molar-refractivity contribution < 1.29 is 14.3 Å². The zero-order chi connectivity index (χ0) is 18.4. The van der Waals surface area contributed by atoms with Gasteiger partial charge in [-0.05, 0) is 43.9 Å². The van der Waals surface area contributed by atoms with Crippen LogP contribution in [-0.2, 0) is 14.3 Å². The minimum atomic E-state index is -0.369. The number of nitrogens with one attached hydrogen (secondary N) is 2. The minimum absolute atomic E-state index is 0.199. The van der Waals surface area contributed by atoms with Crippen LogP contribution < -0.4 is 10.6 Å². The molecule has 0 unspecified atom stereocenters. The molecule has 0 atom stereocenters. The van der Waals surface area contributed by atoms with Gasteiger partial charge in [-0.3, -0.25) is 4.79 Å². The quantitative estimate of drug-likeness (QED) is 0.791. The summed E-state index contributed by atoms with van der Waals surface area (Å²) in [6.45, 7) is 0. The van der Waals surface area contributed by atoms with Crippen LogP contribution in [0.3, 0.4) is 0 Å². The summed E-state index contributed by atoms with van der Waals surface area (Å²) in [6.07, 6.45) is 8.90. The predicted molar refractivity (Wildman–Crippen MR) is 101 cm³/mol. The predicted octanol–water partition coefficient (Wildman–Crippen LogP) is 3.69. The lowest BCUT2D eigenvalue weighted by Gasteiger charge is -2.28. The normalized spacial score (nSPS) is 18.1. The number of ether oxygens (including phenoxy) is 1. The number of benzene rings is 1. The van der Waals surface area contributed by atoms with Gasteiger partial charge in [0.2, 0.25) is 0 Å². The third-order valence-corrected chi connectivity index (χ3v) is 5.00. The van der Waals surface area contributed by atoms with Gasteiger partial charge < -0.3 is 15.4 Å². The van der Waals surface area contributed by atoms with Gasteiger partial charge in [-0.2, -0.15) is 0 Å². The lowest BCUT2D eigenvalue weighted by atomic mass is 9.92. The van der Waals surface area contributed by atoms with Crippen molar-refractivity contribution >= 4 is 17.6 Å². The molecule has 138 valence electrons. The molecule has 0 spiro atoms. The molecule has 0 heterocycles. The molecule has 0 aromatic heterocycles. The topological polar surface area (TPSA) is 67.4 Å². The van der Waals surface area contributed by atoms with E-state index in [2.05, 4.69) is 10.6 Å². The average Bonchev–Trinajstić information content (AvgIpc) is 2.69. The zero-order valence-corrected chi connectivity index (χ0v) is 15.2. The van der Waals surface area contributed by atoms with E-state index in [0.717, 1.165) is 24.2 Å². The second-order valence-electron chi connectivity index (χ2n) is 6.85. The zero-order valence-electron chi connectivity index (χ0n) is 15.2. The summed E-state index contributed by atoms with van der Waals surface area (Å²) < 4.78 is 4.84. The lowest BCUT2D eigenvalue weighted by molar-refractivity contribution is -0.136. The molecule has 1 fully saturated rings. The van der Waals surface area contributed by atoms with Gasteiger partial charge in [0, 0.05) is 23.0 Å². The summed E-state index contributed by atoms with van der Waals surface area (Å²) in [5, 5.41) is 6.50. The summed E-state index contributed by atoms with van der Waals surface area (Å²) in [5.41, 5.74) is 2.74. The maximum Gasteiger partial charge on any atom is 0.333 e. The van der Waals surface area contributed by atoms with E-state index in [1.54, 1.807) is 6.08 Å². The van der Waals surface area contributed by atoms with Gasteiger partial charge in [0.15, 0.2) is 0 Å². The van der Waals surface area contributed by atoms with Gasteiger partial charge >= 0.3 is 5.97 Å². The van der Waals surface area contributed by atoms with Crippen molar-refractivity contribution in [3.63, 3.8) is 0 Å². The molecule has 1 aromatic carbocycles. The first-order valence-electron chi connectivity index (χ1n) is 9.32. The van der Waals surface area contributed by atoms with Gasteiger partial charge in [0.1, 0.15) is 0 Å². The van der Waals surface area contributed by atoms with Crippen molar-refractivity contribution in [1.82, 2.24) is 5.32 Å². The van der Waals surface area contributed by atoms with Crippen LogP contribution in [0, 0.1) is 0 Å². The number of carbonyl (C=O) groups excluding carboxylic acids is 2. The number of hydrogen-bond donors (Lipinski definition) is 2. The van der Waals surface area contributed by atoms with E-state index >= 15 is 0 Å². The van der Waals surface area contributed by atoms with Crippen LogP contribution in [0.5, 0.6) is 0 Å². The summed E-state index contributed by atoms with van der Waals surface area (Å²) in [4.78, 5) is 24.8. The Morgan fingerprint density at radius 1 is 1.04 bits per heavy atom. The molecule has 2 N–H and O–H groups in total. The van der Waals surface area contributed by atoms with Gasteiger partial charge in [-0.25, -0.2) is 4.79 Å². The molecule has 26 heavy (non-hydrogen) atoms. The number of hydrogen-bond acceptors (Lipinski definition) is 4. The fraction of sp³-hybridized carbons (Fsp3) is 0.429. The van der Waals surface area contributed by atoms with E-state index in [1.807, 2.05) is 30.3 Å². The van der Waals surface area contributed by atoms with Crippen LogP contribution in [0.15, 0.2) is 53.3 Å². The monoisotopic (exact) mass is 354 g/mol. The van der Waals surface area contributed by atoms with E-state index in [0.29, 0.717) is 30.0 Å². The van der Waals surface area contributed by atoms with Crippen molar-refractivity contribution in [3.8, 4) is 0 Å². The molecule has 0 bridgehead atoms. The number of para-hydroxylation sites is 1. The van der Waals surface area contributed by atoms with E-state index in [4.69, 9.17) is 4.74 Å². The Bertz CT molecular complexity index is 716. The molecule has 1 amide bonds. The molecule has 1 aromatic rings. The van der Waals surface area contributed by atoms with Crippen LogP contribution in [0.4, 0.5) is 5.69 Å². The van der Waals surface area contributed by atoms with E-state index in [-0.39, 0.29) is 11.9 Å². The molecule has 0 saturated heterocycles. The summed E-state index contributed by atoms with van der Waals surface area (Å²) in [5.74, 6) is -0.567. The summed E-state index contributed by atoms with van der Waals surface area (Å²) in [7, 11) is 1.37. The van der Waals surface area contributed by atoms with Gasteiger partial charge in [0.25, 0.3) is 5.91 Å². The SMILES string of the molecule is COC(=O)C1=CC(C(=O)Nc2ccccc2)=C(NC2CCCCC2)CC1. The van der Waals surface area contributed by atoms with Crippen molar-refractivity contribution in [2.75, 3.05) is 12.4 Å². The fourth-order valence-electron chi connectivity index (χ4n) is 3.59. The molecular formula is C21H26N2O3. The van der Waals surface area contributed by atoms with Crippen molar-refractivity contribution in [2.45, 2.75) is 51.0 Å². The number of carbonyl (C=O) groups is 2. The molecule has 0 radical (unpaired) electrons.